The number of nitriles is 1. The highest BCUT2D eigenvalue weighted by molar-refractivity contribution is 9.10. The topological polar surface area (TPSA) is 70.1 Å². The van der Waals surface area contributed by atoms with E-state index in [4.69, 9.17) is 5.73 Å². The molecule has 0 unspecified atom stereocenters. The molecule has 4 rings (SSSR count). The average molecular weight is 486 g/mol. The largest absolute Gasteiger partial charge is 0.384 e. The second kappa shape index (κ2) is 8.39. The third-order valence-electron chi connectivity index (χ3n) is 5.20. The third kappa shape index (κ3) is 3.54. The van der Waals surface area contributed by atoms with Crippen molar-refractivity contribution in [2.45, 2.75) is 37.0 Å². The molecule has 0 saturated carbocycles. The fraction of sp³-hybridized carbons (Fsp3) is 0.273. The van der Waals surface area contributed by atoms with Crippen molar-refractivity contribution in [3.05, 3.63) is 67.7 Å². The Bertz CT molecular complexity index is 1080. The number of carbonyl (C=O) groups excluding carboxylic acids is 1. The van der Waals surface area contributed by atoms with Gasteiger partial charge in [-0.2, -0.15) is 5.26 Å². The second-order valence-corrected chi connectivity index (χ2v) is 10.0. The molecule has 148 valence electrons. The SMILES string of the molecule is CCSc1ccsc1[C@@H]1C(C#N)=C(N)N(c2cccc(Br)c2)C2=C1C(=O)CCC2. The lowest BCUT2D eigenvalue weighted by atomic mass is 9.78. The van der Waals surface area contributed by atoms with Crippen molar-refractivity contribution < 1.29 is 4.79 Å². The fourth-order valence-corrected chi connectivity index (χ4v) is 6.49. The van der Waals surface area contributed by atoms with Gasteiger partial charge in [0.25, 0.3) is 0 Å². The smallest absolute Gasteiger partial charge is 0.161 e. The van der Waals surface area contributed by atoms with Crippen molar-refractivity contribution in [2.24, 2.45) is 5.73 Å². The number of thioether (sulfide) groups is 1. The molecule has 0 radical (unpaired) electrons. The van der Waals surface area contributed by atoms with E-state index in [9.17, 15) is 10.1 Å². The first kappa shape index (κ1) is 20.3. The van der Waals surface area contributed by atoms with E-state index in [0.29, 0.717) is 17.8 Å². The monoisotopic (exact) mass is 485 g/mol. The number of benzene rings is 1. The summed E-state index contributed by atoms with van der Waals surface area (Å²) in [4.78, 5) is 17.2. The Morgan fingerprint density at radius 3 is 2.93 bits per heavy atom. The maximum absolute atomic E-state index is 13.1. The standard InChI is InChI=1S/C22H20BrN3OS2/c1-2-28-18-9-10-29-21(18)19-15(12-24)22(25)26(14-6-3-5-13(23)11-14)16-7-4-8-17(27)20(16)19/h3,5-6,9-11,19H,2,4,7-8,25H2,1H3/t19-/m1/s1. The van der Waals surface area contributed by atoms with Crippen molar-refractivity contribution >= 4 is 50.5 Å². The summed E-state index contributed by atoms with van der Waals surface area (Å²) in [5.41, 5.74) is 9.60. The number of rotatable bonds is 4. The van der Waals surface area contributed by atoms with E-state index in [1.54, 1.807) is 23.1 Å². The van der Waals surface area contributed by atoms with E-state index < -0.39 is 0 Å². The summed E-state index contributed by atoms with van der Waals surface area (Å²) in [7, 11) is 0. The van der Waals surface area contributed by atoms with E-state index in [1.165, 1.54) is 0 Å². The number of nitrogens with zero attached hydrogens (tertiary/aromatic N) is 2. The number of allylic oxidation sites excluding steroid dienone is 3. The van der Waals surface area contributed by atoms with E-state index in [1.807, 2.05) is 34.5 Å². The quantitative estimate of drug-likeness (QED) is 0.543. The molecular formula is C22H20BrN3OS2. The lowest BCUT2D eigenvalue weighted by Crippen LogP contribution is -2.38. The highest BCUT2D eigenvalue weighted by Crippen LogP contribution is 2.49. The Morgan fingerprint density at radius 1 is 1.38 bits per heavy atom. The summed E-state index contributed by atoms with van der Waals surface area (Å²) in [6.07, 6.45) is 2.08. The summed E-state index contributed by atoms with van der Waals surface area (Å²) in [5.74, 6) is 1.10. The van der Waals surface area contributed by atoms with Crippen LogP contribution in [-0.4, -0.2) is 11.5 Å². The number of anilines is 1. The Morgan fingerprint density at radius 2 is 2.21 bits per heavy atom. The van der Waals surface area contributed by atoms with Gasteiger partial charge in [0.05, 0.1) is 17.6 Å². The predicted octanol–water partition coefficient (Wildman–Crippen LogP) is 5.93. The number of hydrogen-bond donors (Lipinski definition) is 1. The predicted molar refractivity (Wildman–Crippen MR) is 123 cm³/mol. The molecule has 0 saturated heterocycles. The highest BCUT2D eigenvalue weighted by atomic mass is 79.9. The molecule has 0 bridgehead atoms. The first-order valence-corrected chi connectivity index (χ1v) is 12.1. The third-order valence-corrected chi connectivity index (χ3v) is 7.76. The lowest BCUT2D eigenvalue weighted by Gasteiger charge is -2.39. The number of hydrogen-bond acceptors (Lipinski definition) is 6. The first-order valence-electron chi connectivity index (χ1n) is 9.48. The van der Waals surface area contributed by atoms with Gasteiger partial charge in [-0.3, -0.25) is 9.69 Å². The van der Waals surface area contributed by atoms with Gasteiger partial charge in [0.1, 0.15) is 5.82 Å². The van der Waals surface area contributed by atoms with E-state index in [2.05, 4.69) is 35.0 Å². The van der Waals surface area contributed by atoms with Crippen LogP contribution in [0.15, 0.2) is 67.7 Å². The van der Waals surface area contributed by atoms with Gasteiger partial charge in [0, 0.05) is 37.6 Å². The zero-order valence-electron chi connectivity index (χ0n) is 15.9. The molecule has 4 nitrogen and oxygen atoms in total. The number of Topliss-reactive ketones (excluding diaryl/α,β-unsaturated/α-hetero) is 1. The Kier molecular flexibility index (Phi) is 5.86. The van der Waals surface area contributed by atoms with E-state index >= 15 is 0 Å². The van der Waals surface area contributed by atoms with Crippen LogP contribution < -0.4 is 10.6 Å². The van der Waals surface area contributed by atoms with Gasteiger partial charge in [0.15, 0.2) is 5.78 Å². The van der Waals surface area contributed by atoms with Crippen LogP contribution in [0.3, 0.4) is 0 Å². The molecular weight excluding hydrogens is 466 g/mol. The van der Waals surface area contributed by atoms with Gasteiger partial charge in [0.2, 0.25) is 0 Å². The number of nitrogens with two attached hydrogens (primary N) is 1. The number of thiophene rings is 1. The van der Waals surface area contributed by atoms with Gasteiger partial charge in [-0.05, 0) is 48.2 Å². The molecule has 1 atom stereocenters. The molecule has 0 fully saturated rings. The van der Waals surface area contributed by atoms with Gasteiger partial charge in [-0.15, -0.1) is 23.1 Å². The maximum atomic E-state index is 13.1. The van der Waals surface area contributed by atoms with Crippen molar-refractivity contribution in [3.63, 3.8) is 0 Å². The van der Waals surface area contributed by atoms with Crippen LogP contribution in [-0.2, 0) is 4.79 Å². The number of carbonyl (C=O) groups is 1. The number of halogens is 1. The summed E-state index contributed by atoms with van der Waals surface area (Å²) < 4.78 is 0.924. The Balaban J connectivity index is 1.96. The zero-order valence-corrected chi connectivity index (χ0v) is 19.2. The minimum atomic E-state index is -0.375. The molecule has 1 aliphatic heterocycles. The normalized spacial score (nSPS) is 19.4. The lowest BCUT2D eigenvalue weighted by molar-refractivity contribution is -0.116. The Hall–Kier alpha value is -2.01. The zero-order chi connectivity index (χ0) is 20.5. The van der Waals surface area contributed by atoms with Crippen molar-refractivity contribution in [2.75, 3.05) is 10.7 Å². The van der Waals surface area contributed by atoms with Crippen LogP contribution in [0.4, 0.5) is 5.69 Å². The van der Waals surface area contributed by atoms with Gasteiger partial charge in [-0.25, -0.2) is 0 Å². The molecule has 1 aromatic carbocycles. The van der Waals surface area contributed by atoms with Crippen LogP contribution in [0, 0.1) is 11.3 Å². The molecule has 29 heavy (non-hydrogen) atoms. The van der Waals surface area contributed by atoms with Crippen LogP contribution >= 0.6 is 39.0 Å². The van der Waals surface area contributed by atoms with Gasteiger partial charge >= 0.3 is 0 Å². The summed E-state index contributed by atoms with van der Waals surface area (Å²) in [6.45, 7) is 2.11. The summed E-state index contributed by atoms with van der Waals surface area (Å²) >= 11 is 6.86. The van der Waals surface area contributed by atoms with Gasteiger partial charge in [-0.1, -0.05) is 28.9 Å². The molecule has 2 aromatic rings. The molecule has 1 aliphatic carbocycles. The minimum Gasteiger partial charge on any atom is -0.384 e. The highest BCUT2D eigenvalue weighted by Gasteiger charge is 2.41. The molecule has 7 heteroatoms. The summed E-state index contributed by atoms with van der Waals surface area (Å²) in [5, 5.41) is 12.1. The fourth-order valence-electron chi connectivity index (χ4n) is 4.05. The second-order valence-electron chi connectivity index (χ2n) is 6.88. The van der Waals surface area contributed by atoms with Crippen LogP contribution in [0.5, 0.6) is 0 Å². The first-order chi connectivity index (χ1) is 14.1. The van der Waals surface area contributed by atoms with E-state index in [0.717, 1.165) is 49.8 Å². The molecule has 0 amide bonds. The molecule has 0 spiro atoms. The summed E-state index contributed by atoms with van der Waals surface area (Å²) in [6, 6.07) is 12.2. The number of ketones is 1. The van der Waals surface area contributed by atoms with E-state index in [-0.39, 0.29) is 11.7 Å². The average Bonchev–Trinajstić information content (AvgIpc) is 3.15. The van der Waals surface area contributed by atoms with Crippen LogP contribution in [0.2, 0.25) is 0 Å². The molecule has 2 N–H and O–H groups in total. The molecule has 2 heterocycles. The molecule has 1 aromatic heterocycles. The van der Waals surface area contributed by atoms with Crippen molar-refractivity contribution in [3.8, 4) is 6.07 Å². The van der Waals surface area contributed by atoms with Crippen molar-refractivity contribution in [1.82, 2.24) is 0 Å². The van der Waals surface area contributed by atoms with Crippen LogP contribution in [0.1, 0.15) is 37.0 Å². The van der Waals surface area contributed by atoms with Gasteiger partial charge < -0.3 is 5.73 Å². The van der Waals surface area contributed by atoms with Crippen LogP contribution in [0.25, 0.3) is 0 Å². The maximum Gasteiger partial charge on any atom is 0.161 e. The Labute approximate surface area is 187 Å². The minimum absolute atomic E-state index is 0.123. The van der Waals surface area contributed by atoms with Crippen molar-refractivity contribution in [1.29, 1.82) is 5.26 Å². The molecule has 2 aliphatic rings.